The normalized spacial score (nSPS) is 13.0. The summed E-state index contributed by atoms with van der Waals surface area (Å²) in [5.41, 5.74) is 8.37. The lowest BCUT2D eigenvalue weighted by Gasteiger charge is -2.10. The number of nitrogens with zero attached hydrogens (tertiary/aromatic N) is 2. The number of para-hydroxylation sites is 1. The standard InChI is InChI=1S/C15H23N3O/c1-3-9-19-11-12(16)10-14-13-7-5-6-8-15(13)18(4-2)17-14/h5-8,12H,3-4,9-11,16H2,1-2H3. The third-order valence-corrected chi connectivity index (χ3v) is 3.17. The van der Waals surface area contributed by atoms with Gasteiger partial charge in [0.05, 0.1) is 17.8 Å². The van der Waals surface area contributed by atoms with Gasteiger partial charge in [-0.25, -0.2) is 0 Å². The number of aromatic nitrogens is 2. The van der Waals surface area contributed by atoms with Crippen molar-refractivity contribution in [3.8, 4) is 0 Å². The van der Waals surface area contributed by atoms with E-state index in [0.717, 1.165) is 31.7 Å². The number of hydrogen-bond donors (Lipinski definition) is 1. The Hall–Kier alpha value is -1.39. The monoisotopic (exact) mass is 261 g/mol. The molecule has 1 aromatic heterocycles. The van der Waals surface area contributed by atoms with E-state index in [1.807, 2.05) is 16.8 Å². The molecule has 1 aromatic carbocycles. The number of rotatable bonds is 7. The van der Waals surface area contributed by atoms with Gasteiger partial charge in [0.1, 0.15) is 0 Å². The molecule has 0 spiro atoms. The molecule has 0 bridgehead atoms. The number of ether oxygens (including phenoxy) is 1. The molecular weight excluding hydrogens is 238 g/mol. The van der Waals surface area contributed by atoms with Gasteiger partial charge in [-0.15, -0.1) is 0 Å². The number of fused-ring (bicyclic) bond motifs is 1. The van der Waals surface area contributed by atoms with Crippen molar-refractivity contribution in [1.82, 2.24) is 9.78 Å². The smallest absolute Gasteiger partial charge is 0.0719 e. The molecule has 0 saturated heterocycles. The van der Waals surface area contributed by atoms with E-state index in [1.165, 1.54) is 10.9 Å². The molecule has 4 nitrogen and oxygen atoms in total. The van der Waals surface area contributed by atoms with Crippen LogP contribution in [0.25, 0.3) is 10.9 Å². The van der Waals surface area contributed by atoms with Crippen molar-refractivity contribution in [2.75, 3.05) is 13.2 Å². The molecule has 1 heterocycles. The molecule has 0 aliphatic heterocycles. The molecule has 0 saturated carbocycles. The molecule has 2 aromatic rings. The summed E-state index contributed by atoms with van der Waals surface area (Å²) in [5.74, 6) is 0. The highest BCUT2D eigenvalue weighted by atomic mass is 16.5. The molecule has 2 N–H and O–H groups in total. The lowest BCUT2D eigenvalue weighted by Crippen LogP contribution is -2.29. The molecule has 2 rings (SSSR count). The Bertz CT molecular complexity index is 521. The minimum Gasteiger partial charge on any atom is -0.380 e. The van der Waals surface area contributed by atoms with Gasteiger partial charge < -0.3 is 10.5 Å². The van der Waals surface area contributed by atoms with Gasteiger partial charge in [-0.1, -0.05) is 25.1 Å². The van der Waals surface area contributed by atoms with Crippen LogP contribution in [0.5, 0.6) is 0 Å². The third-order valence-electron chi connectivity index (χ3n) is 3.17. The van der Waals surface area contributed by atoms with Crippen LogP contribution in [0.1, 0.15) is 26.0 Å². The van der Waals surface area contributed by atoms with Crippen molar-refractivity contribution < 1.29 is 4.74 Å². The number of nitrogens with two attached hydrogens (primary N) is 1. The second-order valence-corrected chi connectivity index (χ2v) is 4.82. The first-order valence-corrected chi connectivity index (χ1v) is 7.04. The molecule has 0 fully saturated rings. The van der Waals surface area contributed by atoms with Crippen LogP contribution < -0.4 is 5.73 Å². The van der Waals surface area contributed by atoms with Gasteiger partial charge in [-0.2, -0.15) is 5.10 Å². The van der Waals surface area contributed by atoms with Gasteiger partial charge in [0.15, 0.2) is 0 Å². The SMILES string of the molecule is CCCOCC(N)Cc1nn(CC)c2ccccc12. The maximum Gasteiger partial charge on any atom is 0.0719 e. The highest BCUT2D eigenvalue weighted by Crippen LogP contribution is 2.19. The van der Waals surface area contributed by atoms with Crippen LogP contribution in [-0.4, -0.2) is 29.0 Å². The van der Waals surface area contributed by atoms with Crippen LogP contribution in [0.15, 0.2) is 24.3 Å². The predicted molar refractivity (Wildman–Crippen MR) is 78.2 cm³/mol. The first-order valence-electron chi connectivity index (χ1n) is 7.04. The average molecular weight is 261 g/mol. The molecule has 1 unspecified atom stereocenters. The van der Waals surface area contributed by atoms with Crippen LogP contribution in [-0.2, 0) is 17.7 Å². The topological polar surface area (TPSA) is 53.1 Å². The van der Waals surface area contributed by atoms with E-state index in [9.17, 15) is 0 Å². The predicted octanol–water partition coefficient (Wildman–Crippen LogP) is 2.35. The zero-order valence-corrected chi connectivity index (χ0v) is 11.8. The second kappa shape index (κ2) is 6.68. The van der Waals surface area contributed by atoms with Crippen molar-refractivity contribution in [3.05, 3.63) is 30.0 Å². The molecule has 0 aliphatic rings. The van der Waals surface area contributed by atoms with Crippen molar-refractivity contribution in [2.45, 2.75) is 39.3 Å². The second-order valence-electron chi connectivity index (χ2n) is 4.82. The van der Waals surface area contributed by atoms with E-state index >= 15 is 0 Å². The van der Waals surface area contributed by atoms with Crippen molar-refractivity contribution >= 4 is 10.9 Å². The summed E-state index contributed by atoms with van der Waals surface area (Å²) >= 11 is 0. The van der Waals surface area contributed by atoms with Crippen LogP contribution in [0.4, 0.5) is 0 Å². The molecule has 4 heteroatoms. The first kappa shape index (κ1) is 14.0. The van der Waals surface area contributed by atoms with E-state index in [-0.39, 0.29) is 6.04 Å². The minimum absolute atomic E-state index is 0.00941. The van der Waals surface area contributed by atoms with Gasteiger partial charge in [0, 0.05) is 31.0 Å². The molecule has 0 aliphatic carbocycles. The van der Waals surface area contributed by atoms with Crippen LogP contribution in [0.2, 0.25) is 0 Å². The fourth-order valence-electron chi connectivity index (χ4n) is 2.27. The summed E-state index contributed by atoms with van der Waals surface area (Å²) in [5, 5.41) is 5.86. The number of hydrogen-bond acceptors (Lipinski definition) is 3. The lowest BCUT2D eigenvalue weighted by molar-refractivity contribution is 0.121. The molecular formula is C15H23N3O. The molecule has 1 atom stereocenters. The maximum atomic E-state index is 6.11. The van der Waals surface area contributed by atoms with Crippen LogP contribution in [0, 0.1) is 0 Å². The van der Waals surface area contributed by atoms with Crippen molar-refractivity contribution in [3.63, 3.8) is 0 Å². The fourth-order valence-corrected chi connectivity index (χ4v) is 2.27. The van der Waals surface area contributed by atoms with E-state index in [1.54, 1.807) is 0 Å². The van der Waals surface area contributed by atoms with Crippen molar-refractivity contribution in [1.29, 1.82) is 0 Å². The molecule has 0 radical (unpaired) electrons. The summed E-state index contributed by atoms with van der Waals surface area (Å²) in [6, 6.07) is 8.32. The highest BCUT2D eigenvalue weighted by Gasteiger charge is 2.12. The van der Waals surface area contributed by atoms with Gasteiger partial charge >= 0.3 is 0 Å². The highest BCUT2D eigenvalue weighted by molar-refractivity contribution is 5.82. The van der Waals surface area contributed by atoms with E-state index < -0.39 is 0 Å². The Balaban J connectivity index is 2.12. The Morgan fingerprint density at radius 1 is 1.32 bits per heavy atom. The zero-order chi connectivity index (χ0) is 13.7. The summed E-state index contributed by atoms with van der Waals surface area (Å²) in [7, 11) is 0. The van der Waals surface area contributed by atoms with Crippen molar-refractivity contribution in [2.24, 2.45) is 5.73 Å². The lowest BCUT2D eigenvalue weighted by atomic mass is 10.1. The largest absolute Gasteiger partial charge is 0.380 e. The first-order chi connectivity index (χ1) is 9.26. The molecule has 104 valence electrons. The maximum absolute atomic E-state index is 6.11. The van der Waals surface area contributed by atoms with E-state index in [0.29, 0.717) is 6.61 Å². The Kier molecular flexibility index (Phi) is 4.93. The van der Waals surface area contributed by atoms with Crippen LogP contribution in [0.3, 0.4) is 0 Å². The van der Waals surface area contributed by atoms with Crippen LogP contribution >= 0.6 is 0 Å². The zero-order valence-electron chi connectivity index (χ0n) is 11.8. The van der Waals surface area contributed by atoms with E-state index in [4.69, 9.17) is 10.5 Å². The Morgan fingerprint density at radius 3 is 2.84 bits per heavy atom. The van der Waals surface area contributed by atoms with E-state index in [2.05, 4.69) is 31.1 Å². The van der Waals surface area contributed by atoms with Gasteiger partial charge in [-0.05, 0) is 19.4 Å². The fraction of sp³-hybridized carbons (Fsp3) is 0.533. The average Bonchev–Trinajstić information content (AvgIpc) is 2.77. The summed E-state index contributed by atoms with van der Waals surface area (Å²) in [6.07, 6.45) is 1.79. The quantitative estimate of drug-likeness (QED) is 0.778. The summed E-state index contributed by atoms with van der Waals surface area (Å²) < 4.78 is 7.53. The number of benzene rings is 1. The molecule has 0 amide bonds. The summed E-state index contributed by atoms with van der Waals surface area (Å²) in [4.78, 5) is 0. The van der Waals surface area contributed by atoms with Gasteiger partial charge in [0.25, 0.3) is 0 Å². The third kappa shape index (κ3) is 3.33. The molecule has 19 heavy (non-hydrogen) atoms. The Labute approximate surface area is 114 Å². The van der Waals surface area contributed by atoms with Gasteiger partial charge in [0.2, 0.25) is 0 Å². The number of aryl methyl sites for hydroxylation is 1. The summed E-state index contributed by atoms with van der Waals surface area (Å²) in [6.45, 7) is 6.45. The van der Waals surface area contributed by atoms with Gasteiger partial charge in [-0.3, -0.25) is 4.68 Å². The Morgan fingerprint density at radius 2 is 2.11 bits per heavy atom. The minimum atomic E-state index is 0.00941.